The van der Waals surface area contributed by atoms with Gasteiger partial charge in [0.15, 0.2) is 0 Å². The zero-order valence-electron chi connectivity index (χ0n) is 8.03. The minimum absolute atomic E-state index is 0.143. The smallest absolute Gasteiger partial charge is 0.314 e. The fourth-order valence-corrected chi connectivity index (χ4v) is 1.33. The van der Waals surface area contributed by atoms with E-state index in [1.165, 1.54) is 13.3 Å². The van der Waals surface area contributed by atoms with Gasteiger partial charge in [0.1, 0.15) is 0 Å². The fraction of sp³-hybridized carbons (Fsp3) is 0.444. The zero-order valence-corrected chi connectivity index (χ0v) is 8.78. The van der Waals surface area contributed by atoms with Crippen molar-refractivity contribution < 1.29 is 9.53 Å². The molecule has 1 heterocycles. The van der Waals surface area contributed by atoms with E-state index in [0.717, 1.165) is 0 Å². The van der Waals surface area contributed by atoms with Gasteiger partial charge in [0.05, 0.1) is 18.7 Å². The molecule has 0 aliphatic rings. The van der Waals surface area contributed by atoms with E-state index in [4.69, 9.17) is 11.6 Å². The summed E-state index contributed by atoms with van der Waals surface area (Å²) in [5, 5.41) is 0.143. The topological polar surface area (TPSA) is 52.1 Å². The van der Waals surface area contributed by atoms with Gasteiger partial charge in [0.25, 0.3) is 0 Å². The van der Waals surface area contributed by atoms with Gasteiger partial charge in [-0.05, 0) is 24.1 Å². The van der Waals surface area contributed by atoms with Crippen LogP contribution in [0.5, 0.6) is 0 Å². The Hall–Kier alpha value is -1.16. The standard InChI is InChI=1S/C9H11ClN2O2/c1-3-6(8(13)14-2)7-4-5-11-9(10)12-7/h4-6H,3H2,1-2H3. The van der Waals surface area contributed by atoms with Crippen LogP contribution in [0.4, 0.5) is 0 Å². The monoisotopic (exact) mass is 214 g/mol. The Morgan fingerprint density at radius 1 is 1.71 bits per heavy atom. The normalized spacial score (nSPS) is 12.2. The van der Waals surface area contributed by atoms with Crippen molar-refractivity contribution in [1.29, 1.82) is 0 Å². The van der Waals surface area contributed by atoms with Gasteiger partial charge >= 0.3 is 5.97 Å². The molecule has 1 aromatic rings. The number of halogens is 1. The molecule has 0 saturated heterocycles. The number of esters is 1. The number of rotatable bonds is 3. The highest BCUT2D eigenvalue weighted by molar-refractivity contribution is 6.28. The minimum atomic E-state index is -0.361. The molecule has 0 spiro atoms. The third kappa shape index (κ3) is 2.42. The summed E-state index contributed by atoms with van der Waals surface area (Å²) in [7, 11) is 1.35. The van der Waals surface area contributed by atoms with E-state index in [-0.39, 0.29) is 17.2 Å². The van der Waals surface area contributed by atoms with Crippen LogP contribution < -0.4 is 0 Å². The molecule has 0 aliphatic carbocycles. The molecule has 4 nitrogen and oxygen atoms in total. The maximum atomic E-state index is 11.3. The SMILES string of the molecule is CCC(C(=O)OC)c1ccnc(Cl)n1. The van der Waals surface area contributed by atoms with E-state index in [0.29, 0.717) is 12.1 Å². The molecule has 0 amide bonds. The fourth-order valence-electron chi connectivity index (χ4n) is 1.18. The van der Waals surface area contributed by atoms with E-state index < -0.39 is 0 Å². The second-order valence-corrected chi connectivity index (χ2v) is 3.07. The molecular formula is C9H11ClN2O2. The van der Waals surface area contributed by atoms with Crippen molar-refractivity contribution in [2.24, 2.45) is 0 Å². The van der Waals surface area contributed by atoms with Crippen molar-refractivity contribution in [2.45, 2.75) is 19.3 Å². The largest absolute Gasteiger partial charge is 0.469 e. The van der Waals surface area contributed by atoms with Crippen LogP contribution in [0.1, 0.15) is 25.0 Å². The highest BCUT2D eigenvalue weighted by Crippen LogP contribution is 2.19. The number of hydrogen-bond donors (Lipinski definition) is 0. The van der Waals surface area contributed by atoms with Crippen LogP contribution in [-0.4, -0.2) is 23.0 Å². The predicted molar refractivity (Wildman–Crippen MR) is 52.1 cm³/mol. The highest BCUT2D eigenvalue weighted by atomic mass is 35.5. The Balaban J connectivity index is 2.94. The third-order valence-corrected chi connectivity index (χ3v) is 2.08. The number of carbonyl (C=O) groups excluding carboxylic acids is 1. The number of methoxy groups -OCH3 is 1. The Bertz CT molecular complexity index is 330. The maximum Gasteiger partial charge on any atom is 0.314 e. The zero-order chi connectivity index (χ0) is 10.6. The summed E-state index contributed by atoms with van der Waals surface area (Å²) >= 11 is 5.62. The summed E-state index contributed by atoms with van der Waals surface area (Å²) in [5.74, 6) is -0.664. The van der Waals surface area contributed by atoms with Crippen molar-refractivity contribution in [1.82, 2.24) is 9.97 Å². The lowest BCUT2D eigenvalue weighted by Crippen LogP contribution is -2.14. The molecule has 1 aromatic heterocycles. The van der Waals surface area contributed by atoms with Crippen LogP contribution in [0.25, 0.3) is 0 Å². The molecule has 0 fully saturated rings. The van der Waals surface area contributed by atoms with Crippen molar-refractivity contribution in [2.75, 3.05) is 7.11 Å². The molecule has 1 atom stereocenters. The number of nitrogens with zero attached hydrogens (tertiary/aromatic N) is 2. The maximum absolute atomic E-state index is 11.3. The molecule has 1 unspecified atom stereocenters. The van der Waals surface area contributed by atoms with Crippen LogP contribution in [0.15, 0.2) is 12.3 Å². The van der Waals surface area contributed by atoms with Crippen molar-refractivity contribution in [3.8, 4) is 0 Å². The van der Waals surface area contributed by atoms with Gasteiger partial charge in [0.2, 0.25) is 5.28 Å². The molecule has 0 radical (unpaired) electrons. The number of ether oxygens (including phenoxy) is 1. The third-order valence-electron chi connectivity index (χ3n) is 1.90. The molecule has 0 bridgehead atoms. The molecule has 0 saturated carbocycles. The average Bonchev–Trinajstić information content (AvgIpc) is 2.19. The lowest BCUT2D eigenvalue weighted by atomic mass is 10.0. The lowest BCUT2D eigenvalue weighted by molar-refractivity contribution is -0.142. The Morgan fingerprint density at radius 2 is 2.43 bits per heavy atom. The van der Waals surface area contributed by atoms with Gasteiger partial charge < -0.3 is 4.74 Å². The summed E-state index contributed by atoms with van der Waals surface area (Å²) in [5.41, 5.74) is 0.597. The van der Waals surface area contributed by atoms with Gasteiger partial charge in [-0.1, -0.05) is 6.92 Å². The predicted octanol–water partition coefficient (Wildman–Crippen LogP) is 1.80. The van der Waals surface area contributed by atoms with Crippen LogP contribution in [0.2, 0.25) is 5.28 Å². The Labute approximate surface area is 87.3 Å². The molecule has 76 valence electrons. The van der Waals surface area contributed by atoms with E-state index in [1.807, 2.05) is 6.92 Å². The van der Waals surface area contributed by atoms with Crippen molar-refractivity contribution >= 4 is 17.6 Å². The second kappa shape index (κ2) is 4.91. The summed E-state index contributed by atoms with van der Waals surface area (Å²) < 4.78 is 4.66. The van der Waals surface area contributed by atoms with Crippen molar-refractivity contribution in [3.05, 3.63) is 23.2 Å². The summed E-state index contributed by atoms with van der Waals surface area (Å²) in [6.45, 7) is 1.89. The van der Waals surface area contributed by atoms with Crippen molar-refractivity contribution in [3.63, 3.8) is 0 Å². The molecule has 0 aromatic carbocycles. The van der Waals surface area contributed by atoms with Crippen LogP contribution in [0, 0.1) is 0 Å². The summed E-state index contributed by atoms with van der Waals surface area (Å²) in [6, 6.07) is 1.66. The lowest BCUT2D eigenvalue weighted by Gasteiger charge is -2.10. The number of aromatic nitrogens is 2. The summed E-state index contributed by atoms with van der Waals surface area (Å²) in [4.78, 5) is 19.0. The average molecular weight is 215 g/mol. The van der Waals surface area contributed by atoms with E-state index in [1.54, 1.807) is 6.07 Å². The second-order valence-electron chi connectivity index (χ2n) is 2.73. The minimum Gasteiger partial charge on any atom is -0.469 e. The highest BCUT2D eigenvalue weighted by Gasteiger charge is 2.20. The van der Waals surface area contributed by atoms with Crippen LogP contribution in [-0.2, 0) is 9.53 Å². The molecule has 5 heteroatoms. The Kier molecular flexibility index (Phi) is 3.83. The first-order valence-electron chi connectivity index (χ1n) is 4.25. The van der Waals surface area contributed by atoms with Gasteiger partial charge in [0, 0.05) is 6.20 Å². The van der Waals surface area contributed by atoms with Gasteiger partial charge in [-0.15, -0.1) is 0 Å². The number of hydrogen-bond acceptors (Lipinski definition) is 4. The van der Waals surface area contributed by atoms with Crippen LogP contribution >= 0.6 is 11.6 Å². The van der Waals surface area contributed by atoms with E-state index in [2.05, 4.69) is 14.7 Å². The van der Waals surface area contributed by atoms with E-state index in [9.17, 15) is 4.79 Å². The summed E-state index contributed by atoms with van der Waals surface area (Å²) in [6.07, 6.45) is 2.15. The quantitative estimate of drug-likeness (QED) is 0.569. The first-order valence-corrected chi connectivity index (χ1v) is 4.63. The molecular weight excluding hydrogens is 204 g/mol. The van der Waals surface area contributed by atoms with Gasteiger partial charge in [-0.2, -0.15) is 0 Å². The first kappa shape index (κ1) is 10.9. The van der Waals surface area contributed by atoms with Gasteiger partial charge in [-0.3, -0.25) is 4.79 Å². The Morgan fingerprint density at radius 3 is 2.93 bits per heavy atom. The first-order chi connectivity index (χ1) is 6.69. The van der Waals surface area contributed by atoms with Crippen LogP contribution in [0.3, 0.4) is 0 Å². The molecule has 1 rings (SSSR count). The van der Waals surface area contributed by atoms with E-state index >= 15 is 0 Å². The number of carbonyl (C=O) groups is 1. The van der Waals surface area contributed by atoms with Gasteiger partial charge in [-0.25, -0.2) is 9.97 Å². The molecule has 14 heavy (non-hydrogen) atoms. The molecule has 0 aliphatic heterocycles. The molecule has 0 N–H and O–H groups in total.